The Bertz CT molecular complexity index is 1330. The highest BCUT2D eigenvalue weighted by Gasteiger charge is 2.25. The molecule has 7 heteroatoms. The molecule has 0 saturated carbocycles. The highest BCUT2D eigenvalue weighted by molar-refractivity contribution is 6.00. The van der Waals surface area contributed by atoms with Crippen molar-refractivity contribution >= 4 is 23.6 Å². The van der Waals surface area contributed by atoms with Gasteiger partial charge in [-0.2, -0.15) is 0 Å². The van der Waals surface area contributed by atoms with Crippen LogP contribution in [0.3, 0.4) is 0 Å². The van der Waals surface area contributed by atoms with Crippen molar-refractivity contribution < 1.29 is 19.4 Å². The summed E-state index contributed by atoms with van der Waals surface area (Å²) in [6, 6.07) is 22.6. The van der Waals surface area contributed by atoms with Crippen LogP contribution in [0.25, 0.3) is 6.08 Å². The summed E-state index contributed by atoms with van der Waals surface area (Å²) in [6.07, 6.45) is 2.96. The van der Waals surface area contributed by atoms with E-state index >= 15 is 0 Å². The third-order valence-corrected chi connectivity index (χ3v) is 6.94. The van der Waals surface area contributed by atoms with Gasteiger partial charge in [0.15, 0.2) is 0 Å². The van der Waals surface area contributed by atoms with Gasteiger partial charge in [0.2, 0.25) is 5.91 Å². The number of hydrogen-bond donors (Lipinski definition) is 3. The van der Waals surface area contributed by atoms with Gasteiger partial charge >= 0.3 is 0 Å². The molecule has 1 heterocycles. The van der Waals surface area contributed by atoms with E-state index in [-0.39, 0.29) is 11.8 Å². The number of aliphatic hydroxyl groups is 1. The normalized spacial score (nSPS) is 14.5. The number of methoxy groups -OCH3 is 1. The van der Waals surface area contributed by atoms with E-state index in [1.165, 1.54) is 0 Å². The number of aliphatic hydroxyl groups excluding tert-OH is 1. The average Bonchev–Trinajstić information content (AvgIpc) is 3.38. The first-order valence-corrected chi connectivity index (χ1v) is 13.8. The molecule has 0 aliphatic carbocycles. The van der Waals surface area contributed by atoms with Crippen LogP contribution in [0.4, 0.5) is 5.69 Å². The van der Waals surface area contributed by atoms with Gasteiger partial charge in [0, 0.05) is 37.3 Å². The molecule has 4 rings (SSSR count). The van der Waals surface area contributed by atoms with Crippen molar-refractivity contribution in [3.8, 4) is 5.75 Å². The first kappa shape index (κ1) is 29.1. The number of rotatable bonds is 12. The molecule has 1 aliphatic rings. The summed E-state index contributed by atoms with van der Waals surface area (Å²) in [6.45, 7) is 5.49. The van der Waals surface area contributed by atoms with Gasteiger partial charge in [-0.3, -0.25) is 9.59 Å². The molecule has 3 aromatic rings. The van der Waals surface area contributed by atoms with Gasteiger partial charge in [-0.05, 0) is 73.7 Å². The van der Waals surface area contributed by atoms with Crippen molar-refractivity contribution in [3.63, 3.8) is 0 Å². The Morgan fingerprint density at radius 2 is 1.82 bits per heavy atom. The second-order valence-corrected chi connectivity index (χ2v) is 10.5. The van der Waals surface area contributed by atoms with Crippen LogP contribution in [-0.2, 0) is 17.8 Å². The Balaban J connectivity index is 1.52. The van der Waals surface area contributed by atoms with Gasteiger partial charge in [-0.15, -0.1) is 0 Å². The number of amides is 2. The number of carbonyl (C=O) groups is 2. The number of nitrogens with zero attached hydrogens (tertiary/aromatic N) is 1. The monoisotopic (exact) mass is 541 g/mol. The summed E-state index contributed by atoms with van der Waals surface area (Å²) in [5.74, 6) is 0.560. The first-order valence-electron chi connectivity index (χ1n) is 13.8. The Labute approximate surface area is 236 Å². The topological polar surface area (TPSA) is 90.9 Å². The van der Waals surface area contributed by atoms with E-state index in [4.69, 9.17) is 4.74 Å². The molecule has 2 unspecified atom stereocenters. The number of ether oxygens (including phenoxy) is 1. The van der Waals surface area contributed by atoms with E-state index in [0.29, 0.717) is 38.0 Å². The lowest BCUT2D eigenvalue weighted by Crippen LogP contribution is -2.48. The van der Waals surface area contributed by atoms with Crippen LogP contribution in [0, 0.1) is 0 Å². The van der Waals surface area contributed by atoms with E-state index in [2.05, 4.69) is 10.6 Å². The molecule has 2 amide bonds. The summed E-state index contributed by atoms with van der Waals surface area (Å²) < 4.78 is 5.30. The standard InChI is InChI=1S/C33H39N3O4/c1-23(2)15-26-16-27(20-28(17-26)36-14-8-13-32(36)38)33(39)35-30(19-24-9-5-4-6-10-24)31(37)22-34-21-25-11-7-12-29(18-25)40-3/h4-7,9-12,15-18,20,30-31,34,37H,8,13-14,19,21-22H2,1-3H3,(H,35,39). The second-order valence-electron chi connectivity index (χ2n) is 10.5. The summed E-state index contributed by atoms with van der Waals surface area (Å²) in [5, 5.41) is 17.6. The Kier molecular flexibility index (Phi) is 10.1. The molecule has 40 heavy (non-hydrogen) atoms. The molecule has 1 fully saturated rings. The predicted molar refractivity (Wildman–Crippen MR) is 159 cm³/mol. The van der Waals surface area contributed by atoms with Crippen LogP contribution in [0.15, 0.2) is 78.4 Å². The molecule has 7 nitrogen and oxygen atoms in total. The summed E-state index contributed by atoms with van der Waals surface area (Å²) in [5.41, 5.74) is 5.19. The zero-order valence-electron chi connectivity index (χ0n) is 23.5. The Morgan fingerprint density at radius 1 is 1.05 bits per heavy atom. The number of nitrogens with one attached hydrogen (secondary N) is 2. The fraction of sp³-hybridized carbons (Fsp3) is 0.333. The van der Waals surface area contributed by atoms with Crippen LogP contribution >= 0.6 is 0 Å². The minimum absolute atomic E-state index is 0.0696. The van der Waals surface area contributed by atoms with Gasteiger partial charge in [-0.1, -0.05) is 54.1 Å². The molecule has 3 aromatic carbocycles. The SMILES string of the molecule is COc1cccc(CNCC(O)C(Cc2ccccc2)NC(=O)c2cc(C=C(C)C)cc(N3CCCC3=O)c2)c1. The number of hydrogen-bond acceptors (Lipinski definition) is 5. The largest absolute Gasteiger partial charge is 0.497 e. The maximum Gasteiger partial charge on any atom is 0.251 e. The van der Waals surface area contributed by atoms with E-state index in [1.807, 2.05) is 86.7 Å². The third-order valence-electron chi connectivity index (χ3n) is 6.94. The quantitative estimate of drug-likeness (QED) is 0.308. The summed E-state index contributed by atoms with van der Waals surface area (Å²) in [7, 11) is 1.63. The minimum Gasteiger partial charge on any atom is -0.497 e. The van der Waals surface area contributed by atoms with Crippen molar-refractivity contribution in [2.24, 2.45) is 0 Å². The van der Waals surface area contributed by atoms with Crippen LogP contribution in [-0.4, -0.2) is 49.3 Å². The molecule has 3 N–H and O–H groups in total. The average molecular weight is 542 g/mol. The van der Waals surface area contributed by atoms with Gasteiger partial charge in [0.05, 0.1) is 19.3 Å². The molecule has 0 radical (unpaired) electrons. The van der Waals surface area contributed by atoms with E-state index in [0.717, 1.165) is 40.1 Å². The summed E-state index contributed by atoms with van der Waals surface area (Å²) >= 11 is 0. The lowest BCUT2D eigenvalue weighted by molar-refractivity contribution is -0.117. The Morgan fingerprint density at radius 3 is 2.52 bits per heavy atom. The van der Waals surface area contributed by atoms with Crippen molar-refractivity contribution in [1.82, 2.24) is 10.6 Å². The van der Waals surface area contributed by atoms with Crippen molar-refractivity contribution in [3.05, 3.63) is 101 Å². The molecule has 210 valence electrons. The highest BCUT2D eigenvalue weighted by Crippen LogP contribution is 2.26. The van der Waals surface area contributed by atoms with Crippen LogP contribution in [0.2, 0.25) is 0 Å². The first-order chi connectivity index (χ1) is 19.3. The number of carbonyl (C=O) groups excluding carboxylic acids is 2. The molecular formula is C33H39N3O4. The zero-order valence-corrected chi connectivity index (χ0v) is 23.5. The van der Waals surface area contributed by atoms with Crippen LogP contribution < -0.4 is 20.3 Å². The van der Waals surface area contributed by atoms with E-state index < -0.39 is 12.1 Å². The molecule has 0 bridgehead atoms. The fourth-order valence-electron chi connectivity index (χ4n) is 4.95. The lowest BCUT2D eigenvalue weighted by Gasteiger charge is -2.25. The maximum atomic E-state index is 13.6. The van der Waals surface area contributed by atoms with Crippen molar-refractivity contribution in [2.45, 2.75) is 51.8 Å². The highest BCUT2D eigenvalue weighted by atomic mass is 16.5. The maximum absolute atomic E-state index is 13.6. The van der Waals surface area contributed by atoms with Crippen molar-refractivity contribution in [1.29, 1.82) is 0 Å². The summed E-state index contributed by atoms with van der Waals surface area (Å²) in [4.78, 5) is 27.8. The Hall–Kier alpha value is -3.94. The smallest absolute Gasteiger partial charge is 0.251 e. The van der Waals surface area contributed by atoms with E-state index in [9.17, 15) is 14.7 Å². The predicted octanol–water partition coefficient (Wildman–Crippen LogP) is 4.74. The van der Waals surface area contributed by atoms with Gasteiger partial charge in [-0.25, -0.2) is 0 Å². The molecule has 0 aromatic heterocycles. The van der Waals surface area contributed by atoms with Crippen LogP contribution in [0.1, 0.15) is 53.7 Å². The molecule has 1 saturated heterocycles. The minimum atomic E-state index is -0.838. The van der Waals surface area contributed by atoms with Gasteiger partial charge in [0.1, 0.15) is 5.75 Å². The number of anilines is 1. The van der Waals surface area contributed by atoms with Gasteiger partial charge in [0.25, 0.3) is 5.91 Å². The molecule has 1 aliphatic heterocycles. The van der Waals surface area contributed by atoms with Crippen molar-refractivity contribution in [2.75, 3.05) is 25.1 Å². The zero-order chi connectivity index (χ0) is 28.5. The number of allylic oxidation sites excluding steroid dienone is 1. The molecular weight excluding hydrogens is 502 g/mol. The third kappa shape index (κ3) is 8.04. The van der Waals surface area contributed by atoms with E-state index in [1.54, 1.807) is 18.1 Å². The fourth-order valence-corrected chi connectivity index (χ4v) is 4.95. The van der Waals surface area contributed by atoms with Crippen LogP contribution in [0.5, 0.6) is 5.75 Å². The second kappa shape index (κ2) is 13.9. The lowest BCUT2D eigenvalue weighted by atomic mass is 9.99. The molecule has 2 atom stereocenters. The van der Waals surface area contributed by atoms with Gasteiger partial charge < -0.3 is 25.4 Å². The number of benzene rings is 3. The molecule has 0 spiro atoms.